The number of H-pyrrole nitrogens is 3. The molecule has 0 unspecified atom stereocenters. The standard InChI is InChI=1S/C43H37N11O4/c55-18-22-7-10-26-31(14-22)39-48-35(26)47-38-29-5-3-6-30(43(58)45-13-2-1-4-25-17-44-21-46-25)34(29)42(54-38)53-37-28-12-9-24(20-57)16-33(28)41(51-37)52-40-32-15-23(19-56)8-11-27(32)36(49-39)50-40/h3,5-9,11-12,15-17,21,55-57H,1-2,4,10,13-14,18-20H2,(H,44,46)(H,45,58)(H2,47,48,49,50,51,52,53,54). The molecule has 6 heterocycles. The maximum absolute atomic E-state index is 14.0. The molecule has 58 heavy (non-hydrogen) atoms. The first-order valence-corrected chi connectivity index (χ1v) is 19.2. The molecule has 0 fully saturated rings. The van der Waals surface area contributed by atoms with E-state index in [1.165, 1.54) is 0 Å². The van der Waals surface area contributed by atoms with Gasteiger partial charge in [0.05, 0.1) is 31.7 Å². The lowest BCUT2D eigenvalue weighted by Gasteiger charge is -2.11. The van der Waals surface area contributed by atoms with E-state index < -0.39 is 0 Å². The van der Waals surface area contributed by atoms with E-state index >= 15 is 0 Å². The average Bonchev–Trinajstić information content (AvgIpc) is 4.09. The number of aryl methyl sites for hydroxylation is 1. The molecule has 288 valence electrons. The number of nitrogens with one attached hydrogen (secondary N) is 4. The van der Waals surface area contributed by atoms with Crippen molar-refractivity contribution in [1.29, 1.82) is 0 Å². The van der Waals surface area contributed by atoms with Crippen molar-refractivity contribution in [3.63, 3.8) is 0 Å². The smallest absolute Gasteiger partial charge is 0.252 e. The minimum absolute atomic E-state index is 0.0834. The van der Waals surface area contributed by atoms with Crippen LogP contribution in [0.1, 0.15) is 51.1 Å². The average molecular weight is 772 g/mol. The van der Waals surface area contributed by atoms with E-state index in [0.717, 1.165) is 52.6 Å². The Hall–Kier alpha value is -6.94. The van der Waals surface area contributed by atoms with E-state index in [1.54, 1.807) is 12.4 Å². The zero-order valence-corrected chi connectivity index (χ0v) is 31.2. The molecular weight excluding hydrogens is 735 g/mol. The molecule has 0 saturated heterocycles. The number of hydrogen-bond donors (Lipinski definition) is 7. The van der Waals surface area contributed by atoms with Crippen LogP contribution in [0.4, 0.5) is 0 Å². The third kappa shape index (κ3) is 6.21. The fourth-order valence-corrected chi connectivity index (χ4v) is 7.93. The van der Waals surface area contributed by atoms with Gasteiger partial charge in [0.15, 0.2) is 23.3 Å². The Bertz CT molecular complexity index is 2990. The van der Waals surface area contributed by atoms with Crippen LogP contribution in [0.3, 0.4) is 0 Å². The highest BCUT2D eigenvalue weighted by Gasteiger charge is 2.28. The zero-order valence-electron chi connectivity index (χ0n) is 31.2. The summed E-state index contributed by atoms with van der Waals surface area (Å²) in [4.78, 5) is 58.3. The molecule has 7 aromatic rings. The number of hydrogen-bond acceptors (Lipinski definition) is 11. The number of carbonyl (C=O) groups excluding carboxylic acids is 1. The Labute approximate surface area is 330 Å². The van der Waals surface area contributed by atoms with Crippen LogP contribution in [0.2, 0.25) is 0 Å². The van der Waals surface area contributed by atoms with Gasteiger partial charge in [0.2, 0.25) is 0 Å². The summed E-state index contributed by atoms with van der Waals surface area (Å²) in [5, 5.41) is 34.8. The molecule has 1 amide bonds. The van der Waals surface area contributed by atoms with Gasteiger partial charge in [-0.25, -0.2) is 34.9 Å². The first kappa shape index (κ1) is 35.5. The lowest BCUT2D eigenvalue weighted by molar-refractivity contribution is 0.0953. The van der Waals surface area contributed by atoms with E-state index in [-0.39, 0.29) is 25.7 Å². The van der Waals surface area contributed by atoms with Crippen LogP contribution in [0.5, 0.6) is 0 Å². The van der Waals surface area contributed by atoms with Crippen molar-refractivity contribution in [1.82, 2.24) is 55.2 Å². The number of amides is 1. The summed E-state index contributed by atoms with van der Waals surface area (Å²) in [6, 6.07) is 16.6. The summed E-state index contributed by atoms with van der Waals surface area (Å²) < 4.78 is 0. The normalized spacial score (nSPS) is 12.9. The number of rotatable bonds is 9. The Balaban J connectivity index is 1.21. The van der Waals surface area contributed by atoms with Gasteiger partial charge in [-0.1, -0.05) is 42.5 Å². The highest BCUT2D eigenvalue weighted by molar-refractivity contribution is 6.07. The van der Waals surface area contributed by atoms with Crippen molar-refractivity contribution in [3.8, 4) is 45.6 Å². The molecule has 7 N–H and O–H groups in total. The van der Waals surface area contributed by atoms with E-state index in [2.05, 4.69) is 25.3 Å². The lowest BCUT2D eigenvalue weighted by Crippen LogP contribution is -2.25. The number of aliphatic hydroxyl groups excluding tert-OH is 3. The molecule has 3 aliphatic rings. The molecule has 15 nitrogen and oxygen atoms in total. The third-order valence-electron chi connectivity index (χ3n) is 10.9. The summed E-state index contributed by atoms with van der Waals surface area (Å²) in [6.45, 7) is 0.0576. The second-order valence-corrected chi connectivity index (χ2v) is 14.6. The molecular formula is C43H37N11O4. The quantitative estimate of drug-likeness (QED) is 0.0746. The van der Waals surface area contributed by atoms with Crippen molar-refractivity contribution in [2.45, 2.75) is 45.3 Å². The van der Waals surface area contributed by atoms with Crippen LogP contribution >= 0.6 is 0 Å². The van der Waals surface area contributed by atoms with Crippen LogP contribution in [-0.4, -0.2) is 84.2 Å². The number of aliphatic hydroxyl groups is 3. The molecule has 15 heteroatoms. The molecule has 2 aliphatic heterocycles. The molecule has 8 bridgehead atoms. The van der Waals surface area contributed by atoms with Gasteiger partial charge in [0.25, 0.3) is 5.91 Å². The van der Waals surface area contributed by atoms with E-state index in [1.807, 2.05) is 60.8 Å². The fraction of sp³-hybridized carbons (Fsp3) is 0.209. The Morgan fingerprint density at radius 3 is 2.24 bits per heavy atom. The summed E-state index contributed by atoms with van der Waals surface area (Å²) in [6.07, 6.45) is 8.96. The second-order valence-electron chi connectivity index (χ2n) is 14.6. The number of aromatic nitrogens is 10. The van der Waals surface area contributed by atoms with Gasteiger partial charge in [-0.3, -0.25) is 4.79 Å². The predicted octanol–water partition coefficient (Wildman–Crippen LogP) is 5.19. The number of allylic oxidation sites excluding steroid dienone is 1. The SMILES string of the molecule is O=C(NCCCCc1cnc[nH]1)c1cccc2c1-c1nc-2nc2[nH]c(nc3nc(nc4[nH]c(n1)c1ccc(CO)cc41)-c1cc(CO)ccc1-3)c1c2CC=C(CO)C1. The number of aromatic amines is 3. The van der Waals surface area contributed by atoms with Gasteiger partial charge in [-0.2, -0.15) is 0 Å². The largest absolute Gasteiger partial charge is 0.392 e. The summed E-state index contributed by atoms with van der Waals surface area (Å²) in [7, 11) is 0. The van der Waals surface area contributed by atoms with Crippen molar-refractivity contribution >= 4 is 39.3 Å². The van der Waals surface area contributed by atoms with Crippen molar-refractivity contribution in [2.24, 2.45) is 0 Å². The maximum Gasteiger partial charge on any atom is 0.252 e. The summed E-state index contributed by atoms with van der Waals surface area (Å²) in [5.74, 6) is 1.23. The Morgan fingerprint density at radius 2 is 1.41 bits per heavy atom. The predicted molar refractivity (Wildman–Crippen MR) is 217 cm³/mol. The first-order chi connectivity index (χ1) is 28.5. The van der Waals surface area contributed by atoms with Gasteiger partial charge in [-0.15, -0.1) is 0 Å². The Morgan fingerprint density at radius 1 is 0.690 bits per heavy atom. The van der Waals surface area contributed by atoms with Crippen LogP contribution in [-0.2, 0) is 32.5 Å². The van der Waals surface area contributed by atoms with Gasteiger partial charge in [-0.05, 0) is 67.0 Å². The number of unbranched alkanes of at least 4 members (excludes halogenated alkanes) is 1. The van der Waals surface area contributed by atoms with E-state index in [4.69, 9.17) is 29.9 Å². The highest BCUT2D eigenvalue weighted by Crippen LogP contribution is 2.39. The van der Waals surface area contributed by atoms with E-state index in [9.17, 15) is 20.1 Å². The molecule has 3 aromatic carbocycles. The summed E-state index contributed by atoms with van der Waals surface area (Å²) >= 11 is 0. The van der Waals surface area contributed by atoms with Gasteiger partial charge in [0.1, 0.15) is 22.6 Å². The first-order valence-electron chi connectivity index (χ1n) is 19.2. The van der Waals surface area contributed by atoms with Crippen LogP contribution < -0.4 is 5.32 Å². The Kier molecular flexibility index (Phi) is 8.89. The molecule has 1 aliphatic carbocycles. The van der Waals surface area contributed by atoms with Crippen molar-refractivity contribution in [3.05, 3.63) is 112 Å². The fourth-order valence-electron chi connectivity index (χ4n) is 7.93. The third-order valence-corrected chi connectivity index (χ3v) is 10.9. The molecule has 4 aromatic heterocycles. The van der Waals surface area contributed by atoms with Crippen molar-refractivity contribution < 1.29 is 20.1 Å². The number of carbonyl (C=O) groups is 1. The number of nitrogens with zero attached hydrogens (tertiary/aromatic N) is 7. The van der Waals surface area contributed by atoms with Crippen LogP contribution in [0, 0.1) is 0 Å². The van der Waals surface area contributed by atoms with E-state index in [0.29, 0.717) is 104 Å². The monoisotopic (exact) mass is 771 g/mol. The minimum Gasteiger partial charge on any atom is -0.392 e. The molecule has 0 radical (unpaired) electrons. The molecule has 0 atom stereocenters. The lowest BCUT2D eigenvalue weighted by atomic mass is 9.95. The minimum atomic E-state index is -0.250. The summed E-state index contributed by atoms with van der Waals surface area (Å²) in [5.41, 5.74) is 10.2. The number of fused-ring (bicyclic) bond motifs is 20. The van der Waals surface area contributed by atoms with Gasteiger partial charge in [0, 0.05) is 62.6 Å². The van der Waals surface area contributed by atoms with Crippen LogP contribution in [0.15, 0.2) is 78.8 Å². The van der Waals surface area contributed by atoms with Gasteiger partial charge < -0.3 is 35.6 Å². The number of benzene rings is 3. The van der Waals surface area contributed by atoms with Crippen molar-refractivity contribution in [2.75, 3.05) is 13.2 Å². The number of imidazole rings is 1. The molecule has 10 rings (SSSR count). The second kappa shape index (κ2) is 14.5. The highest BCUT2D eigenvalue weighted by atomic mass is 16.3. The zero-order chi connectivity index (χ0) is 39.3. The van der Waals surface area contributed by atoms with Crippen LogP contribution in [0.25, 0.3) is 78.9 Å². The maximum atomic E-state index is 14.0. The van der Waals surface area contributed by atoms with Gasteiger partial charge >= 0.3 is 0 Å². The topological polar surface area (TPSA) is 227 Å². The molecule has 0 saturated carbocycles. The molecule has 0 spiro atoms.